The smallest absolute Gasteiger partial charge is 0.233 e. The molecule has 36 heavy (non-hydrogen) atoms. The van der Waals surface area contributed by atoms with Gasteiger partial charge in [0.2, 0.25) is 17.7 Å². The Morgan fingerprint density at radius 1 is 0.972 bits per heavy atom. The fourth-order valence-electron chi connectivity index (χ4n) is 4.85. The van der Waals surface area contributed by atoms with Crippen molar-refractivity contribution in [2.75, 3.05) is 16.3 Å². The zero-order valence-corrected chi connectivity index (χ0v) is 22.0. The number of benzene rings is 3. The Hall–Kier alpha value is -3.38. The maximum Gasteiger partial charge on any atom is 0.233 e. The molecule has 0 bridgehead atoms. The Balaban J connectivity index is 0.00000361. The first-order valence-electron chi connectivity index (χ1n) is 12.2. The normalized spacial score (nSPS) is 16.4. The molecule has 1 heterocycles. The lowest BCUT2D eigenvalue weighted by atomic mass is 9.91. The predicted octanol–water partition coefficient (Wildman–Crippen LogP) is 5.23. The molecule has 0 saturated carbocycles. The number of para-hydroxylation sites is 2. The SMILES string of the molecule is Cc1ccc2ccccc2c1CN1C(=O)[C@@H](C(C)C(N)=O)CN(C(=O)CC(C)C)c2ccccc21.Cl. The van der Waals surface area contributed by atoms with E-state index in [-0.39, 0.29) is 36.7 Å². The highest BCUT2D eigenvalue weighted by molar-refractivity contribution is 6.07. The van der Waals surface area contributed by atoms with Crippen molar-refractivity contribution in [3.8, 4) is 0 Å². The van der Waals surface area contributed by atoms with E-state index in [2.05, 4.69) is 24.3 Å². The molecule has 1 aliphatic rings. The molecular weight excluding hydrogens is 474 g/mol. The number of nitrogens with two attached hydrogens (primary N) is 1. The minimum atomic E-state index is -0.744. The molecule has 4 rings (SSSR count). The van der Waals surface area contributed by atoms with Crippen LogP contribution < -0.4 is 15.5 Å². The fraction of sp³-hybridized carbons (Fsp3) is 0.345. The maximum absolute atomic E-state index is 14.1. The third-order valence-corrected chi connectivity index (χ3v) is 6.95. The van der Waals surface area contributed by atoms with E-state index >= 15 is 0 Å². The molecule has 0 radical (unpaired) electrons. The van der Waals surface area contributed by atoms with Crippen LogP contribution in [-0.4, -0.2) is 24.3 Å². The summed E-state index contributed by atoms with van der Waals surface area (Å²) in [7, 11) is 0. The number of aryl methyl sites for hydroxylation is 1. The van der Waals surface area contributed by atoms with Crippen LogP contribution in [0.2, 0.25) is 0 Å². The summed E-state index contributed by atoms with van der Waals surface area (Å²) >= 11 is 0. The van der Waals surface area contributed by atoms with Gasteiger partial charge in [0, 0.05) is 18.9 Å². The van der Waals surface area contributed by atoms with E-state index in [9.17, 15) is 14.4 Å². The average Bonchev–Trinajstić information content (AvgIpc) is 2.94. The van der Waals surface area contributed by atoms with Crippen LogP contribution in [0.5, 0.6) is 0 Å². The number of rotatable bonds is 6. The third-order valence-electron chi connectivity index (χ3n) is 6.95. The van der Waals surface area contributed by atoms with Gasteiger partial charge < -0.3 is 15.5 Å². The van der Waals surface area contributed by atoms with Crippen molar-refractivity contribution in [3.63, 3.8) is 0 Å². The molecule has 3 amide bonds. The van der Waals surface area contributed by atoms with Gasteiger partial charge in [-0.05, 0) is 46.9 Å². The Morgan fingerprint density at radius 3 is 2.28 bits per heavy atom. The molecule has 2 N–H and O–H groups in total. The van der Waals surface area contributed by atoms with E-state index in [0.717, 1.165) is 21.9 Å². The van der Waals surface area contributed by atoms with Crippen molar-refractivity contribution in [2.24, 2.45) is 23.5 Å². The quantitative estimate of drug-likeness (QED) is 0.495. The largest absolute Gasteiger partial charge is 0.369 e. The second-order valence-corrected chi connectivity index (χ2v) is 9.90. The Bertz CT molecular complexity index is 1290. The van der Waals surface area contributed by atoms with Crippen LogP contribution in [0.1, 0.15) is 38.3 Å². The highest BCUT2D eigenvalue weighted by Crippen LogP contribution is 2.38. The molecule has 190 valence electrons. The van der Waals surface area contributed by atoms with Gasteiger partial charge >= 0.3 is 0 Å². The third kappa shape index (κ3) is 5.24. The van der Waals surface area contributed by atoms with E-state index in [0.29, 0.717) is 24.3 Å². The van der Waals surface area contributed by atoms with Crippen LogP contribution in [0, 0.1) is 24.7 Å². The number of carbonyl (C=O) groups is 3. The van der Waals surface area contributed by atoms with E-state index in [1.165, 1.54) is 0 Å². The standard InChI is InChI=1S/C29H33N3O3.ClH/c1-18(2)15-27(33)31-17-24(20(4)28(30)34)29(35)32(26-12-8-7-11-25(26)31)16-23-19(3)13-14-21-9-5-6-10-22(21)23;/h5-14,18,20,24H,15-17H2,1-4H3,(H2,30,34);1H/t20?,24-;/m1./s1. The van der Waals surface area contributed by atoms with Crippen molar-refractivity contribution in [3.05, 3.63) is 71.8 Å². The van der Waals surface area contributed by atoms with Crippen molar-refractivity contribution in [2.45, 2.75) is 40.7 Å². The summed E-state index contributed by atoms with van der Waals surface area (Å²) in [5.41, 5.74) is 9.14. The lowest BCUT2D eigenvalue weighted by Gasteiger charge is -2.28. The molecule has 3 aromatic rings. The fourth-order valence-corrected chi connectivity index (χ4v) is 4.85. The van der Waals surface area contributed by atoms with Gasteiger partial charge in [0.25, 0.3) is 0 Å². The molecule has 2 atom stereocenters. The minimum absolute atomic E-state index is 0. The van der Waals surface area contributed by atoms with Crippen molar-refractivity contribution in [1.29, 1.82) is 0 Å². The summed E-state index contributed by atoms with van der Waals surface area (Å²) in [6.45, 7) is 8.15. The second-order valence-electron chi connectivity index (χ2n) is 9.90. The number of hydrogen-bond donors (Lipinski definition) is 1. The summed E-state index contributed by atoms with van der Waals surface area (Å²) < 4.78 is 0. The molecule has 7 heteroatoms. The molecule has 0 aromatic heterocycles. The molecular formula is C29H34ClN3O3. The van der Waals surface area contributed by atoms with Crippen LogP contribution >= 0.6 is 12.4 Å². The van der Waals surface area contributed by atoms with Gasteiger partial charge in [-0.15, -0.1) is 12.4 Å². The number of nitrogens with zero attached hydrogens (tertiary/aromatic N) is 2. The number of halogens is 1. The van der Waals surface area contributed by atoms with Gasteiger partial charge in [-0.2, -0.15) is 0 Å². The minimum Gasteiger partial charge on any atom is -0.369 e. The van der Waals surface area contributed by atoms with E-state index in [1.807, 2.05) is 57.2 Å². The van der Waals surface area contributed by atoms with Crippen LogP contribution in [0.15, 0.2) is 60.7 Å². The molecule has 0 spiro atoms. The van der Waals surface area contributed by atoms with Crippen LogP contribution in [0.3, 0.4) is 0 Å². The Morgan fingerprint density at radius 2 is 1.61 bits per heavy atom. The summed E-state index contributed by atoms with van der Waals surface area (Å²) in [6, 6.07) is 19.8. The molecule has 1 aliphatic heterocycles. The van der Waals surface area contributed by atoms with Gasteiger partial charge in [-0.25, -0.2) is 0 Å². The van der Waals surface area contributed by atoms with Gasteiger partial charge in [0.1, 0.15) is 0 Å². The first kappa shape index (κ1) is 27.2. The molecule has 1 unspecified atom stereocenters. The number of carbonyl (C=O) groups excluding carboxylic acids is 3. The van der Waals surface area contributed by atoms with Crippen LogP contribution in [0.25, 0.3) is 10.8 Å². The van der Waals surface area contributed by atoms with Gasteiger partial charge in [-0.3, -0.25) is 14.4 Å². The molecule has 3 aromatic carbocycles. The zero-order valence-electron chi connectivity index (χ0n) is 21.2. The maximum atomic E-state index is 14.1. The molecule has 0 saturated heterocycles. The van der Waals surface area contributed by atoms with Gasteiger partial charge in [-0.1, -0.05) is 69.3 Å². The Labute approximate surface area is 218 Å². The topological polar surface area (TPSA) is 83.7 Å². The number of primary amides is 1. The van der Waals surface area contributed by atoms with E-state index in [4.69, 9.17) is 5.73 Å². The monoisotopic (exact) mass is 507 g/mol. The number of hydrogen-bond acceptors (Lipinski definition) is 3. The van der Waals surface area contributed by atoms with Crippen molar-refractivity contribution >= 4 is 52.3 Å². The summed E-state index contributed by atoms with van der Waals surface area (Å²) in [6.07, 6.45) is 0.350. The number of anilines is 2. The lowest BCUT2D eigenvalue weighted by Crippen LogP contribution is -2.45. The number of amides is 3. The summed E-state index contributed by atoms with van der Waals surface area (Å²) in [5, 5.41) is 2.17. The van der Waals surface area contributed by atoms with Crippen molar-refractivity contribution in [1.82, 2.24) is 0 Å². The highest BCUT2D eigenvalue weighted by atomic mass is 35.5. The lowest BCUT2D eigenvalue weighted by molar-refractivity contribution is -0.131. The summed E-state index contributed by atoms with van der Waals surface area (Å²) in [4.78, 5) is 43.1. The van der Waals surface area contributed by atoms with Crippen LogP contribution in [-0.2, 0) is 20.9 Å². The predicted molar refractivity (Wildman–Crippen MR) is 147 cm³/mol. The highest BCUT2D eigenvalue weighted by Gasteiger charge is 2.40. The Kier molecular flexibility index (Phi) is 8.41. The number of fused-ring (bicyclic) bond motifs is 2. The average molecular weight is 508 g/mol. The first-order valence-corrected chi connectivity index (χ1v) is 12.2. The first-order chi connectivity index (χ1) is 16.7. The van der Waals surface area contributed by atoms with E-state index < -0.39 is 17.7 Å². The summed E-state index contributed by atoms with van der Waals surface area (Å²) in [5.74, 6) is -2.11. The zero-order chi connectivity index (χ0) is 25.3. The van der Waals surface area contributed by atoms with E-state index in [1.54, 1.807) is 16.7 Å². The molecule has 6 nitrogen and oxygen atoms in total. The molecule has 0 fully saturated rings. The molecule has 0 aliphatic carbocycles. The van der Waals surface area contributed by atoms with Crippen LogP contribution in [0.4, 0.5) is 11.4 Å². The van der Waals surface area contributed by atoms with Gasteiger partial charge in [0.05, 0.1) is 23.8 Å². The second kappa shape index (κ2) is 11.1. The van der Waals surface area contributed by atoms with Gasteiger partial charge in [0.15, 0.2) is 0 Å². The van der Waals surface area contributed by atoms with Crippen molar-refractivity contribution < 1.29 is 14.4 Å².